The zero-order chi connectivity index (χ0) is 28.4. The van der Waals surface area contributed by atoms with Crippen molar-refractivity contribution < 1.29 is 18.7 Å². The van der Waals surface area contributed by atoms with Crippen molar-refractivity contribution in [2.24, 2.45) is 0 Å². The summed E-state index contributed by atoms with van der Waals surface area (Å²) in [6, 6.07) is 12.4. The number of amides is 1. The number of nitrogens with one attached hydrogen (secondary N) is 1. The number of thioether (sulfide) groups is 1. The van der Waals surface area contributed by atoms with E-state index in [9.17, 15) is 9.18 Å². The van der Waals surface area contributed by atoms with Gasteiger partial charge < -0.3 is 19.7 Å². The summed E-state index contributed by atoms with van der Waals surface area (Å²) in [5.74, 6) is 0.478. The third-order valence-electron chi connectivity index (χ3n) is 6.95. The lowest BCUT2D eigenvalue weighted by molar-refractivity contribution is -0.118. The third kappa shape index (κ3) is 12.2. The average molecular weight is 571 g/mol. The van der Waals surface area contributed by atoms with Crippen LogP contribution in [0.15, 0.2) is 53.6 Å². The fraction of sp³-hybridized carbons (Fsp3) is 0.545. The van der Waals surface area contributed by atoms with Crippen LogP contribution in [0.1, 0.15) is 96.5 Å². The Morgan fingerprint density at radius 1 is 0.925 bits per heavy atom. The normalized spacial score (nSPS) is 12.9. The molecule has 1 amide bonds. The van der Waals surface area contributed by atoms with Crippen molar-refractivity contribution in [3.05, 3.63) is 65.0 Å². The van der Waals surface area contributed by atoms with Gasteiger partial charge in [0, 0.05) is 18.4 Å². The number of nitrogens with zero attached hydrogens (tertiary/aromatic N) is 1. The first-order valence-corrected chi connectivity index (χ1v) is 16.0. The van der Waals surface area contributed by atoms with Crippen LogP contribution in [0.2, 0.25) is 0 Å². The molecule has 2 aromatic carbocycles. The van der Waals surface area contributed by atoms with E-state index in [1.807, 2.05) is 36.0 Å². The highest BCUT2D eigenvalue weighted by atomic mass is 32.2. The molecule has 1 N–H and O–H groups in total. The van der Waals surface area contributed by atoms with E-state index in [4.69, 9.17) is 9.47 Å². The summed E-state index contributed by atoms with van der Waals surface area (Å²) >= 11 is 1.82. The topological polar surface area (TPSA) is 50.8 Å². The molecule has 0 aliphatic carbocycles. The maximum absolute atomic E-state index is 14.5. The second-order valence-corrected chi connectivity index (χ2v) is 11.8. The number of hydrogen-bond acceptors (Lipinski definition) is 5. The van der Waals surface area contributed by atoms with Gasteiger partial charge in [-0.1, -0.05) is 95.8 Å². The van der Waals surface area contributed by atoms with Crippen LogP contribution in [-0.2, 0) is 11.3 Å². The predicted molar refractivity (Wildman–Crippen MR) is 165 cm³/mol. The Bertz CT molecular complexity index is 1060. The number of carbonyl (C=O) groups excluding carboxylic acids is 1. The molecule has 0 radical (unpaired) electrons. The highest BCUT2D eigenvalue weighted by molar-refractivity contribution is 8.03. The summed E-state index contributed by atoms with van der Waals surface area (Å²) in [4.78, 5) is 16.1. The molecular formula is C33H47FN2O3S. The second-order valence-electron chi connectivity index (χ2n) is 10.6. The first kappa shape index (κ1) is 31.9. The number of halogens is 1. The SMILES string of the molecule is CCCCCCCCCCCCCCOc1c(F)cccc1OCC(=O)Nc1cccc(CN2C=C(C)SC2)c1. The van der Waals surface area contributed by atoms with Crippen molar-refractivity contribution in [1.82, 2.24) is 4.90 Å². The number of hydrogen-bond donors (Lipinski definition) is 1. The molecule has 0 aromatic heterocycles. The van der Waals surface area contributed by atoms with Gasteiger partial charge >= 0.3 is 0 Å². The van der Waals surface area contributed by atoms with Gasteiger partial charge in [-0.2, -0.15) is 0 Å². The smallest absolute Gasteiger partial charge is 0.262 e. The molecule has 0 spiro atoms. The molecular weight excluding hydrogens is 523 g/mol. The zero-order valence-electron chi connectivity index (χ0n) is 24.4. The quantitative estimate of drug-likeness (QED) is 0.161. The maximum Gasteiger partial charge on any atom is 0.262 e. The minimum absolute atomic E-state index is 0.0761. The fourth-order valence-corrected chi connectivity index (χ4v) is 5.55. The van der Waals surface area contributed by atoms with Gasteiger partial charge in [-0.15, -0.1) is 11.8 Å². The summed E-state index contributed by atoms with van der Waals surface area (Å²) in [6.45, 7) is 5.35. The van der Waals surface area contributed by atoms with E-state index < -0.39 is 5.82 Å². The van der Waals surface area contributed by atoms with Crippen LogP contribution in [0.25, 0.3) is 0 Å². The molecule has 1 aliphatic heterocycles. The van der Waals surface area contributed by atoms with Crippen molar-refractivity contribution >= 4 is 23.4 Å². The molecule has 0 bridgehead atoms. The molecule has 40 heavy (non-hydrogen) atoms. The number of allylic oxidation sites excluding steroid dienone is 1. The molecule has 1 heterocycles. The number of benzene rings is 2. The Labute approximate surface area is 244 Å². The predicted octanol–water partition coefficient (Wildman–Crippen LogP) is 9.29. The molecule has 3 rings (SSSR count). The largest absolute Gasteiger partial charge is 0.487 e. The van der Waals surface area contributed by atoms with Gasteiger partial charge in [-0.05, 0) is 48.1 Å². The summed E-state index contributed by atoms with van der Waals surface area (Å²) in [6.07, 6.45) is 17.3. The molecule has 0 atom stereocenters. The van der Waals surface area contributed by atoms with Gasteiger partial charge in [-0.3, -0.25) is 4.79 Å². The Morgan fingerprint density at radius 2 is 1.60 bits per heavy atom. The van der Waals surface area contributed by atoms with Gasteiger partial charge in [0.1, 0.15) is 0 Å². The maximum atomic E-state index is 14.5. The van der Waals surface area contributed by atoms with E-state index in [2.05, 4.69) is 30.3 Å². The molecule has 7 heteroatoms. The molecule has 0 unspecified atom stereocenters. The lowest BCUT2D eigenvalue weighted by Crippen LogP contribution is -2.20. The van der Waals surface area contributed by atoms with E-state index in [0.717, 1.165) is 30.8 Å². The standard InChI is InChI=1S/C33H47FN2O3S/c1-3-4-5-6-7-8-9-10-11-12-13-14-21-38-33-30(34)19-16-20-31(33)39-25-32(37)35-29-18-15-17-28(22-29)24-36-23-27(2)40-26-36/h15-20,22-23H,3-14,21,24-26H2,1-2H3,(H,35,37). The van der Waals surface area contributed by atoms with E-state index in [1.54, 1.807) is 12.1 Å². The Kier molecular flexibility index (Phi) is 14.8. The molecule has 0 fully saturated rings. The number of unbranched alkanes of at least 4 members (excludes halogenated alkanes) is 11. The van der Waals surface area contributed by atoms with Crippen LogP contribution in [0.5, 0.6) is 11.5 Å². The van der Waals surface area contributed by atoms with Crippen molar-refractivity contribution in [1.29, 1.82) is 0 Å². The van der Waals surface area contributed by atoms with Crippen molar-refractivity contribution in [3.63, 3.8) is 0 Å². The zero-order valence-corrected chi connectivity index (χ0v) is 25.2. The Hall–Kier alpha value is -2.67. The molecule has 0 saturated heterocycles. The number of anilines is 1. The van der Waals surface area contributed by atoms with E-state index >= 15 is 0 Å². The van der Waals surface area contributed by atoms with Crippen molar-refractivity contribution in [2.45, 2.75) is 97.4 Å². The Balaban J connectivity index is 1.33. The lowest BCUT2D eigenvalue weighted by atomic mass is 10.1. The van der Waals surface area contributed by atoms with E-state index in [-0.39, 0.29) is 24.0 Å². The summed E-state index contributed by atoms with van der Waals surface area (Å²) in [7, 11) is 0. The third-order valence-corrected chi connectivity index (χ3v) is 7.97. The molecule has 2 aromatic rings. The van der Waals surface area contributed by atoms with Gasteiger partial charge in [0.2, 0.25) is 0 Å². The fourth-order valence-electron chi connectivity index (χ4n) is 4.79. The van der Waals surface area contributed by atoms with Crippen LogP contribution in [0.4, 0.5) is 10.1 Å². The van der Waals surface area contributed by atoms with Gasteiger partial charge in [0.05, 0.1) is 12.5 Å². The molecule has 0 saturated carbocycles. The number of para-hydroxylation sites is 1. The summed E-state index contributed by atoms with van der Waals surface area (Å²) in [5.41, 5.74) is 1.82. The van der Waals surface area contributed by atoms with Crippen molar-refractivity contribution in [3.8, 4) is 11.5 Å². The van der Waals surface area contributed by atoms with Gasteiger partial charge in [0.25, 0.3) is 5.91 Å². The van der Waals surface area contributed by atoms with E-state index in [0.29, 0.717) is 12.3 Å². The van der Waals surface area contributed by atoms with Crippen molar-refractivity contribution in [2.75, 3.05) is 24.4 Å². The average Bonchev–Trinajstić information content (AvgIpc) is 3.35. The van der Waals surface area contributed by atoms with Crippen LogP contribution in [0.3, 0.4) is 0 Å². The summed E-state index contributed by atoms with van der Waals surface area (Å²) in [5, 5.41) is 2.88. The first-order valence-electron chi connectivity index (χ1n) is 15.0. The van der Waals surface area contributed by atoms with Crippen LogP contribution < -0.4 is 14.8 Å². The first-order chi connectivity index (χ1) is 19.5. The molecule has 5 nitrogen and oxygen atoms in total. The van der Waals surface area contributed by atoms with E-state index in [1.165, 1.54) is 75.2 Å². The number of carbonyl (C=O) groups is 1. The second kappa shape index (κ2) is 18.6. The summed E-state index contributed by atoms with van der Waals surface area (Å²) < 4.78 is 25.9. The minimum Gasteiger partial charge on any atom is -0.487 e. The number of rotatable bonds is 20. The molecule has 1 aliphatic rings. The Morgan fingerprint density at radius 3 is 2.27 bits per heavy atom. The van der Waals surface area contributed by atoms with Gasteiger partial charge in [0.15, 0.2) is 23.9 Å². The van der Waals surface area contributed by atoms with Crippen LogP contribution in [0, 0.1) is 5.82 Å². The lowest BCUT2D eigenvalue weighted by Gasteiger charge is -2.16. The monoisotopic (exact) mass is 570 g/mol. The highest BCUT2D eigenvalue weighted by Crippen LogP contribution is 2.30. The number of ether oxygens (including phenoxy) is 2. The highest BCUT2D eigenvalue weighted by Gasteiger charge is 2.14. The molecule has 220 valence electrons. The van der Waals surface area contributed by atoms with Crippen LogP contribution >= 0.6 is 11.8 Å². The van der Waals surface area contributed by atoms with Crippen LogP contribution in [-0.4, -0.2) is 29.9 Å². The van der Waals surface area contributed by atoms with Gasteiger partial charge in [-0.25, -0.2) is 4.39 Å². The minimum atomic E-state index is -0.478.